The predicted octanol–water partition coefficient (Wildman–Crippen LogP) is 5.80. The Bertz CT molecular complexity index is 1370. The van der Waals surface area contributed by atoms with Gasteiger partial charge in [0.15, 0.2) is 5.13 Å². The number of pyridine rings is 1. The van der Waals surface area contributed by atoms with Crippen LogP contribution >= 0.6 is 22.9 Å². The fourth-order valence-electron chi connectivity index (χ4n) is 4.52. The molecule has 2 fully saturated rings. The number of amides is 1. The molecule has 37 heavy (non-hydrogen) atoms. The first-order valence-corrected chi connectivity index (χ1v) is 12.5. The van der Waals surface area contributed by atoms with E-state index in [1.807, 2.05) is 4.90 Å². The summed E-state index contributed by atoms with van der Waals surface area (Å²) in [5.41, 5.74) is -1.73. The molecule has 2 saturated heterocycles. The Hall–Kier alpha value is -3.25. The molecule has 7 nitrogen and oxygen atoms in total. The minimum atomic E-state index is -4.84. The number of anilines is 2. The molecule has 2 aliphatic heterocycles. The number of benzene rings is 1. The summed E-state index contributed by atoms with van der Waals surface area (Å²) in [4.78, 5) is 34.7. The Morgan fingerprint density at radius 1 is 1.24 bits per heavy atom. The Morgan fingerprint density at radius 2 is 2.00 bits per heavy atom. The van der Waals surface area contributed by atoms with E-state index in [1.165, 1.54) is 23.7 Å². The van der Waals surface area contributed by atoms with Crippen LogP contribution in [0.3, 0.4) is 0 Å². The van der Waals surface area contributed by atoms with Gasteiger partial charge in [-0.2, -0.15) is 13.2 Å². The minimum absolute atomic E-state index is 0.0346. The number of hydrogen-bond donors (Lipinski definition) is 1. The van der Waals surface area contributed by atoms with Crippen LogP contribution in [0.5, 0.6) is 0 Å². The van der Waals surface area contributed by atoms with Crippen LogP contribution in [0.1, 0.15) is 35.2 Å². The molecule has 0 bridgehead atoms. The third kappa shape index (κ3) is 5.12. The number of thiazole rings is 1. The van der Waals surface area contributed by atoms with Crippen LogP contribution in [0, 0.1) is 11.2 Å². The van der Waals surface area contributed by atoms with Crippen molar-refractivity contribution in [3.8, 4) is 11.3 Å². The lowest BCUT2D eigenvalue weighted by Gasteiger charge is -2.38. The molecule has 0 atom stereocenters. The summed E-state index contributed by atoms with van der Waals surface area (Å²) in [6.07, 6.45) is -1.54. The maximum atomic E-state index is 14.4. The van der Waals surface area contributed by atoms with Gasteiger partial charge in [0.05, 0.1) is 34.9 Å². The topological polar surface area (TPSA) is 84.4 Å². The molecule has 4 heterocycles. The van der Waals surface area contributed by atoms with Gasteiger partial charge in [-0.1, -0.05) is 17.7 Å². The number of carbonyl (C=O) groups excluding carboxylic acids is 2. The van der Waals surface area contributed by atoms with E-state index in [9.17, 15) is 27.2 Å². The molecule has 13 heteroatoms. The van der Waals surface area contributed by atoms with E-state index in [1.54, 1.807) is 0 Å². The third-order valence-corrected chi connectivity index (χ3v) is 7.61. The van der Waals surface area contributed by atoms with Crippen LogP contribution in [0.25, 0.3) is 11.3 Å². The molecule has 2 aliphatic rings. The van der Waals surface area contributed by atoms with Gasteiger partial charge in [-0.25, -0.2) is 14.4 Å². The molecule has 2 aromatic heterocycles. The van der Waals surface area contributed by atoms with Crippen LogP contribution in [0.2, 0.25) is 5.02 Å². The number of nitrogens with zero attached hydrogens (tertiary/aromatic N) is 3. The average molecular weight is 555 g/mol. The van der Waals surface area contributed by atoms with E-state index in [4.69, 9.17) is 16.3 Å². The molecule has 5 rings (SSSR count). The number of aromatic nitrogens is 2. The summed E-state index contributed by atoms with van der Waals surface area (Å²) >= 11 is 7.37. The van der Waals surface area contributed by atoms with Crippen molar-refractivity contribution >= 4 is 45.8 Å². The second-order valence-corrected chi connectivity index (χ2v) is 10.3. The monoisotopic (exact) mass is 554 g/mol. The largest absolute Gasteiger partial charge is 0.465 e. The summed E-state index contributed by atoms with van der Waals surface area (Å²) in [6, 6.07) is 4.40. The van der Waals surface area contributed by atoms with Crippen molar-refractivity contribution in [2.75, 3.05) is 29.9 Å². The molecule has 3 aromatic rings. The number of esters is 1. The SMILES string of the molecule is O=C1CC2(CCN(c3ncc(C(=O)Nc4nc(-c5cccc(C(F)(F)F)c5F)cs4)cc3Cl)CC2)CO1. The highest BCUT2D eigenvalue weighted by atomic mass is 35.5. The van der Waals surface area contributed by atoms with Gasteiger partial charge < -0.3 is 9.64 Å². The standard InChI is InChI=1S/C24H19ClF4N4O3S/c25-16-8-13(10-30-20(16)33-6-4-23(5-7-33)9-18(34)36-12-23)21(35)32-22-31-17(11-37-22)14-2-1-3-15(19(14)26)24(27,28)29/h1-3,8,10-11H,4-7,9,12H2,(H,31,32,35). The molecule has 0 saturated carbocycles. The van der Waals surface area contributed by atoms with Gasteiger partial charge in [-0.3, -0.25) is 14.9 Å². The summed E-state index contributed by atoms with van der Waals surface area (Å²) in [7, 11) is 0. The number of rotatable bonds is 4. The van der Waals surface area contributed by atoms with Gasteiger partial charge in [-0.05, 0) is 31.0 Å². The van der Waals surface area contributed by atoms with E-state index in [0.29, 0.717) is 38.0 Å². The quantitative estimate of drug-likeness (QED) is 0.324. The zero-order valence-electron chi connectivity index (χ0n) is 19.1. The molecule has 0 radical (unpaired) electrons. The number of alkyl halides is 3. The molecular weight excluding hydrogens is 536 g/mol. The molecular formula is C24H19ClF4N4O3S. The van der Waals surface area contributed by atoms with Crippen molar-refractivity contribution in [1.29, 1.82) is 0 Å². The minimum Gasteiger partial charge on any atom is -0.465 e. The van der Waals surface area contributed by atoms with Crippen LogP contribution in [-0.2, 0) is 15.7 Å². The first kappa shape index (κ1) is 25.4. The second-order valence-electron chi connectivity index (χ2n) is 9.01. The van der Waals surface area contributed by atoms with Gasteiger partial charge in [0.2, 0.25) is 0 Å². The van der Waals surface area contributed by atoms with Crippen molar-refractivity contribution in [3.63, 3.8) is 0 Å². The predicted molar refractivity (Wildman–Crippen MR) is 129 cm³/mol. The molecule has 194 valence electrons. The van der Waals surface area contributed by atoms with Crippen molar-refractivity contribution in [3.05, 3.63) is 57.8 Å². The number of carbonyl (C=O) groups is 2. The maximum absolute atomic E-state index is 14.4. The summed E-state index contributed by atoms with van der Waals surface area (Å²) in [6.45, 7) is 1.71. The maximum Gasteiger partial charge on any atom is 0.419 e. The molecule has 1 spiro atoms. The normalized spacial score (nSPS) is 17.2. The Kier molecular flexibility index (Phi) is 6.57. The highest BCUT2D eigenvalue weighted by Gasteiger charge is 2.43. The molecule has 1 aromatic carbocycles. The van der Waals surface area contributed by atoms with Crippen molar-refractivity contribution in [2.45, 2.75) is 25.4 Å². The fraction of sp³-hybridized carbons (Fsp3) is 0.333. The first-order chi connectivity index (χ1) is 17.5. The number of piperidine rings is 1. The Morgan fingerprint density at radius 3 is 2.65 bits per heavy atom. The van der Waals surface area contributed by atoms with E-state index in [2.05, 4.69) is 15.3 Å². The van der Waals surface area contributed by atoms with E-state index >= 15 is 0 Å². The van der Waals surface area contributed by atoms with Crippen molar-refractivity contribution < 1.29 is 31.9 Å². The zero-order valence-corrected chi connectivity index (χ0v) is 20.6. The van der Waals surface area contributed by atoms with Gasteiger partial charge >= 0.3 is 12.1 Å². The number of cyclic esters (lactones) is 1. The van der Waals surface area contributed by atoms with Gasteiger partial charge in [0, 0.05) is 35.6 Å². The highest BCUT2D eigenvalue weighted by molar-refractivity contribution is 7.14. The number of nitrogens with one attached hydrogen (secondary N) is 1. The zero-order chi connectivity index (χ0) is 26.4. The molecule has 1 N–H and O–H groups in total. The smallest absolute Gasteiger partial charge is 0.419 e. The second kappa shape index (κ2) is 9.56. The number of hydrogen-bond acceptors (Lipinski definition) is 7. The Labute approximate surface area is 217 Å². The third-order valence-electron chi connectivity index (χ3n) is 6.57. The lowest BCUT2D eigenvalue weighted by molar-refractivity contribution is -0.140. The first-order valence-electron chi connectivity index (χ1n) is 11.2. The highest BCUT2D eigenvalue weighted by Crippen LogP contribution is 2.41. The van der Waals surface area contributed by atoms with Gasteiger partial charge in [0.1, 0.15) is 11.6 Å². The summed E-state index contributed by atoms with van der Waals surface area (Å²) in [5.74, 6) is -1.66. The van der Waals surface area contributed by atoms with E-state index in [0.717, 1.165) is 30.2 Å². The van der Waals surface area contributed by atoms with Crippen LogP contribution in [-0.4, -0.2) is 41.5 Å². The molecule has 0 unspecified atom stereocenters. The fourth-order valence-corrected chi connectivity index (χ4v) is 5.51. The van der Waals surface area contributed by atoms with Gasteiger partial charge in [-0.15, -0.1) is 11.3 Å². The molecule has 1 amide bonds. The molecule has 0 aliphatic carbocycles. The van der Waals surface area contributed by atoms with E-state index in [-0.39, 0.29) is 38.4 Å². The van der Waals surface area contributed by atoms with Crippen LogP contribution < -0.4 is 10.2 Å². The van der Waals surface area contributed by atoms with Crippen LogP contribution in [0.4, 0.5) is 28.5 Å². The lowest BCUT2D eigenvalue weighted by atomic mass is 9.78. The van der Waals surface area contributed by atoms with Crippen LogP contribution in [0.15, 0.2) is 35.8 Å². The van der Waals surface area contributed by atoms with Gasteiger partial charge in [0.25, 0.3) is 5.91 Å². The number of halogens is 5. The summed E-state index contributed by atoms with van der Waals surface area (Å²) in [5, 5.41) is 4.24. The average Bonchev–Trinajstić information content (AvgIpc) is 3.45. The van der Waals surface area contributed by atoms with E-state index < -0.39 is 23.5 Å². The Balaban J connectivity index is 1.26. The lowest BCUT2D eigenvalue weighted by Crippen LogP contribution is -2.41. The van der Waals surface area contributed by atoms with Crippen molar-refractivity contribution in [2.24, 2.45) is 5.41 Å². The summed E-state index contributed by atoms with van der Waals surface area (Å²) < 4.78 is 58.6. The van der Waals surface area contributed by atoms with Crippen molar-refractivity contribution in [1.82, 2.24) is 9.97 Å². The number of ether oxygens (including phenoxy) is 1.